The minimum Gasteiger partial charge on any atom is -0.309 e. The van der Waals surface area contributed by atoms with Crippen molar-refractivity contribution in [3.63, 3.8) is 0 Å². The van der Waals surface area contributed by atoms with Crippen LogP contribution in [0.4, 0.5) is 0 Å². The Morgan fingerprint density at radius 1 is 0.667 bits per heavy atom. The normalized spacial score (nSPS) is 11.3. The molecule has 0 fully saturated rings. The van der Waals surface area contributed by atoms with Crippen LogP contribution in [-0.2, 0) is 0 Å². The van der Waals surface area contributed by atoms with E-state index in [2.05, 4.69) is 99.4 Å². The van der Waals surface area contributed by atoms with Gasteiger partial charge in [-0.25, -0.2) is 0 Å². The van der Waals surface area contributed by atoms with E-state index in [-0.39, 0.29) is 0 Å². The SMILES string of the molecule is Clc1ccc(Br)cc1-c1cccc(-n2c3ccccc3c3ccccc32)c1. The number of rotatable bonds is 2. The Morgan fingerprint density at radius 2 is 1.33 bits per heavy atom. The van der Waals surface area contributed by atoms with Crippen molar-refractivity contribution >= 4 is 49.3 Å². The summed E-state index contributed by atoms with van der Waals surface area (Å²) in [6.45, 7) is 0. The van der Waals surface area contributed by atoms with E-state index in [1.54, 1.807) is 0 Å². The Labute approximate surface area is 170 Å². The molecule has 0 amide bonds. The Morgan fingerprint density at radius 3 is 2.04 bits per heavy atom. The van der Waals surface area contributed by atoms with Crippen LogP contribution >= 0.6 is 27.5 Å². The molecule has 0 bridgehead atoms. The standard InChI is InChI=1S/C24H15BrClN/c25-17-12-13-22(26)21(15-17)16-6-5-7-18(14-16)27-23-10-3-1-8-19(23)20-9-2-4-11-24(20)27/h1-15H. The molecular formula is C24H15BrClN. The van der Waals surface area contributed by atoms with Gasteiger partial charge in [-0.15, -0.1) is 0 Å². The lowest BCUT2D eigenvalue weighted by atomic mass is 10.0. The summed E-state index contributed by atoms with van der Waals surface area (Å²) < 4.78 is 3.34. The molecule has 1 heterocycles. The quantitative estimate of drug-likeness (QED) is 0.267. The second-order valence-electron chi connectivity index (χ2n) is 6.54. The van der Waals surface area contributed by atoms with Gasteiger partial charge in [0.25, 0.3) is 0 Å². The van der Waals surface area contributed by atoms with Gasteiger partial charge in [-0.1, -0.05) is 76.1 Å². The first-order chi connectivity index (χ1) is 13.2. The molecule has 1 nitrogen and oxygen atoms in total. The first-order valence-electron chi connectivity index (χ1n) is 8.76. The first kappa shape index (κ1) is 16.6. The third-order valence-corrected chi connectivity index (χ3v) is 5.75. The highest BCUT2D eigenvalue weighted by molar-refractivity contribution is 9.10. The number of nitrogens with zero attached hydrogens (tertiary/aromatic N) is 1. The van der Waals surface area contributed by atoms with Crippen LogP contribution in [0.2, 0.25) is 5.02 Å². The van der Waals surface area contributed by atoms with E-state index in [4.69, 9.17) is 11.6 Å². The van der Waals surface area contributed by atoms with Crippen molar-refractivity contribution in [1.82, 2.24) is 4.57 Å². The number of halogens is 2. The van der Waals surface area contributed by atoms with E-state index in [9.17, 15) is 0 Å². The summed E-state index contributed by atoms with van der Waals surface area (Å²) >= 11 is 10.0. The van der Waals surface area contributed by atoms with Gasteiger partial charge in [0.2, 0.25) is 0 Å². The average molecular weight is 433 g/mol. The fraction of sp³-hybridized carbons (Fsp3) is 0. The molecule has 0 radical (unpaired) electrons. The molecule has 130 valence electrons. The van der Waals surface area contributed by atoms with Crippen molar-refractivity contribution in [3.05, 3.63) is 100 Å². The second-order valence-corrected chi connectivity index (χ2v) is 7.87. The average Bonchev–Trinajstić information content (AvgIpc) is 3.04. The molecule has 0 aliphatic carbocycles. The lowest BCUT2D eigenvalue weighted by Gasteiger charge is -2.11. The monoisotopic (exact) mass is 431 g/mol. The van der Waals surface area contributed by atoms with Crippen LogP contribution in [0.15, 0.2) is 95.5 Å². The van der Waals surface area contributed by atoms with E-state index in [1.165, 1.54) is 21.8 Å². The maximum Gasteiger partial charge on any atom is 0.0541 e. The highest BCUT2D eigenvalue weighted by atomic mass is 79.9. The Bertz CT molecular complexity index is 1250. The maximum absolute atomic E-state index is 6.47. The number of fused-ring (bicyclic) bond motifs is 3. The van der Waals surface area contributed by atoms with Gasteiger partial charge in [-0.3, -0.25) is 0 Å². The molecule has 0 atom stereocenters. The number of hydrogen-bond acceptors (Lipinski definition) is 0. The predicted molar refractivity (Wildman–Crippen MR) is 119 cm³/mol. The number of benzene rings is 4. The molecule has 4 aromatic carbocycles. The maximum atomic E-state index is 6.47. The van der Waals surface area contributed by atoms with Crippen LogP contribution in [0.3, 0.4) is 0 Å². The summed E-state index contributed by atoms with van der Waals surface area (Å²) in [6, 6.07) is 31.6. The van der Waals surface area contributed by atoms with Crippen molar-refractivity contribution in [3.8, 4) is 16.8 Å². The van der Waals surface area contributed by atoms with Crippen molar-refractivity contribution in [2.45, 2.75) is 0 Å². The van der Waals surface area contributed by atoms with E-state index in [0.717, 1.165) is 26.3 Å². The minimum atomic E-state index is 0.748. The third kappa shape index (κ3) is 2.77. The summed E-state index contributed by atoms with van der Waals surface area (Å²) in [6.07, 6.45) is 0. The van der Waals surface area contributed by atoms with Gasteiger partial charge >= 0.3 is 0 Å². The molecule has 0 aliphatic rings. The molecule has 27 heavy (non-hydrogen) atoms. The Hall–Kier alpha value is -2.55. The van der Waals surface area contributed by atoms with E-state index >= 15 is 0 Å². The number of hydrogen-bond donors (Lipinski definition) is 0. The summed E-state index contributed by atoms with van der Waals surface area (Å²) in [7, 11) is 0. The largest absolute Gasteiger partial charge is 0.309 e. The molecule has 0 unspecified atom stereocenters. The first-order valence-corrected chi connectivity index (χ1v) is 9.93. The Balaban J connectivity index is 1.80. The van der Waals surface area contributed by atoms with Gasteiger partial charge in [0.15, 0.2) is 0 Å². The van der Waals surface area contributed by atoms with Crippen LogP contribution in [-0.4, -0.2) is 4.57 Å². The van der Waals surface area contributed by atoms with Gasteiger partial charge in [0.1, 0.15) is 0 Å². The van der Waals surface area contributed by atoms with Crippen molar-refractivity contribution in [1.29, 1.82) is 0 Å². The van der Waals surface area contributed by atoms with Crippen LogP contribution in [0.25, 0.3) is 38.6 Å². The smallest absolute Gasteiger partial charge is 0.0541 e. The highest BCUT2D eigenvalue weighted by Crippen LogP contribution is 2.35. The fourth-order valence-electron chi connectivity index (χ4n) is 3.73. The van der Waals surface area contributed by atoms with Gasteiger partial charge in [-0.2, -0.15) is 0 Å². The van der Waals surface area contributed by atoms with Gasteiger partial charge < -0.3 is 4.57 Å². The van der Waals surface area contributed by atoms with Crippen LogP contribution < -0.4 is 0 Å². The fourth-order valence-corrected chi connectivity index (χ4v) is 4.32. The van der Waals surface area contributed by atoms with Crippen LogP contribution in [0, 0.1) is 0 Å². The molecule has 0 aliphatic heterocycles. The zero-order valence-corrected chi connectivity index (χ0v) is 16.7. The summed E-state index contributed by atoms with van der Waals surface area (Å²) in [4.78, 5) is 0. The van der Waals surface area contributed by atoms with E-state index < -0.39 is 0 Å². The lowest BCUT2D eigenvalue weighted by molar-refractivity contribution is 1.18. The van der Waals surface area contributed by atoms with Crippen molar-refractivity contribution in [2.24, 2.45) is 0 Å². The highest BCUT2D eigenvalue weighted by Gasteiger charge is 2.12. The van der Waals surface area contributed by atoms with Crippen LogP contribution in [0.1, 0.15) is 0 Å². The molecule has 0 N–H and O–H groups in total. The Kier molecular flexibility index (Phi) is 4.04. The molecule has 5 aromatic rings. The predicted octanol–water partition coefficient (Wildman–Crippen LogP) is 7.87. The number of aromatic nitrogens is 1. The zero-order valence-electron chi connectivity index (χ0n) is 14.4. The van der Waals surface area contributed by atoms with Gasteiger partial charge in [0, 0.05) is 31.5 Å². The molecular weight excluding hydrogens is 418 g/mol. The molecule has 5 rings (SSSR count). The van der Waals surface area contributed by atoms with Crippen molar-refractivity contribution in [2.75, 3.05) is 0 Å². The van der Waals surface area contributed by atoms with E-state index in [0.29, 0.717) is 0 Å². The van der Waals surface area contributed by atoms with Gasteiger partial charge in [-0.05, 0) is 48.0 Å². The lowest BCUT2D eigenvalue weighted by Crippen LogP contribution is -1.94. The molecule has 1 aromatic heterocycles. The molecule has 0 spiro atoms. The second kappa shape index (κ2) is 6.56. The topological polar surface area (TPSA) is 4.93 Å². The molecule has 0 saturated carbocycles. The number of para-hydroxylation sites is 2. The minimum absolute atomic E-state index is 0.748. The molecule has 3 heteroatoms. The van der Waals surface area contributed by atoms with Gasteiger partial charge in [0.05, 0.1) is 11.0 Å². The summed E-state index contributed by atoms with van der Waals surface area (Å²) in [5.74, 6) is 0. The van der Waals surface area contributed by atoms with Crippen LogP contribution in [0.5, 0.6) is 0 Å². The van der Waals surface area contributed by atoms with Crippen molar-refractivity contribution < 1.29 is 0 Å². The van der Waals surface area contributed by atoms with E-state index in [1.807, 2.05) is 12.1 Å². The third-order valence-electron chi connectivity index (χ3n) is 4.92. The zero-order chi connectivity index (χ0) is 18.4. The molecule has 0 saturated heterocycles. The summed E-state index contributed by atoms with van der Waals surface area (Å²) in [5.41, 5.74) is 5.66. The summed E-state index contributed by atoms with van der Waals surface area (Å²) in [5, 5.41) is 3.27.